The molecule has 2 aromatic heterocycles. The fraction of sp³-hybridized carbons (Fsp3) is 0.308. The van der Waals surface area contributed by atoms with Gasteiger partial charge in [0.15, 0.2) is 0 Å². The van der Waals surface area contributed by atoms with Crippen LogP contribution in [0.15, 0.2) is 5.38 Å². The van der Waals surface area contributed by atoms with E-state index in [4.69, 9.17) is 4.74 Å². The van der Waals surface area contributed by atoms with E-state index in [-0.39, 0.29) is 5.91 Å². The summed E-state index contributed by atoms with van der Waals surface area (Å²) < 4.78 is 4.77. The standard InChI is InChI=1S/C13H14N2O3S2/c1-6-7(2)20-12(10(6)13(17)18-4)15-11(16)9-5-19-8(3)14-9/h5H,1-4H3,(H,15,16). The third-order valence-electron chi connectivity index (χ3n) is 2.85. The molecule has 7 heteroatoms. The number of esters is 1. The lowest BCUT2D eigenvalue weighted by molar-refractivity contribution is 0.0601. The SMILES string of the molecule is COC(=O)c1c(NC(=O)c2csc(C)n2)sc(C)c1C. The number of methoxy groups -OCH3 is 1. The summed E-state index contributed by atoms with van der Waals surface area (Å²) in [6, 6.07) is 0. The average Bonchev–Trinajstić information content (AvgIpc) is 2.94. The van der Waals surface area contributed by atoms with E-state index in [1.807, 2.05) is 20.8 Å². The molecule has 0 aromatic carbocycles. The average molecular weight is 310 g/mol. The topological polar surface area (TPSA) is 68.3 Å². The van der Waals surface area contributed by atoms with Gasteiger partial charge in [-0.2, -0.15) is 0 Å². The predicted octanol–water partition coefficient (Wildman–Crippen LogP) is 3.17. The van der Waals surface area contributed by atoms with Crippen molar-refractivity contribution in [1.82, 2.24) is 4.98 Å². The van der Waals surface area contributed by atoms with Crippen LogP contribution < -0.4 is 5.32 Å². The quantitative estimate of drug-likeness (QED) is 0.884. The Bertz CT molecular complexity index is 673. The van der Waals surface area contributed by atoms with Gasteiger partial charge in [0.1, 0.15) is 10.7 Å². The molecule has 0 fully saturated rings. The molecule has 2 aromatic rings. The smallest absolute Gasteiger partial charge is 0.341 e. The number of hydrogen-bond acceptors (Lipinski definition) is 6. The summed E-state index contributed by atoms with van der Waals surface area (Å²) >= 11 is 2.76. The zero-order valence-corrected chi connectivity index (χ0v) is 13.2. The molecule has 0 saturated heterocycles. The minimum Gasteiger partial charge on any atom is -0.465 e. The van der Waals surface area contributed by atoms with Crippen molar-refractivity contribution < 1.29 is 14.3 Å². The number of rotatable bonds is 3. The Morgan fingerprint density at radius 1 is 1.30 bits per heavy atom. The number of nitrogens with zero attached hydrogens (tertiary/aromatic N) is 1. The molecule has 1 amide bonds. The van der Waals surface area contributed by atoms with Crippen LogP contribution in [0.4, 0.5) is 5.00 Å². The fourth-order valence-corrected chi connectivity index (χ4v) is 3.33. The number of carbonyl (C=O) groups is 2. The van der Waals surface area contributed by atoms with E-state index < -0.39 is 5.97 Å². The van der Waals surface area contributed by atoms with Crippen molar-refractivity contribution in [2.24, 2.45) is 0 Å². The number of amides is 1. The Morgan fingerprint density at radius 3 is 2.55 bits per heavy atom. The van der Waals surface area contributed by atoms with Gasteiger partial charge < -0.3 is 10.1 Å². The van der Waals surface area contributed by atoms with Gasteiger partial charge in [-0.15, -0.1) is 22.7 Å². The maximum Gasteiger partial charge on any atom is 0.341 e. The van der Waals surface area contributed by atoms with Gasteiger partial charge in [0, 0.05) is 10.3 Å². The molecule has 0 saturated carbocycles. The number of nitrogens with one attached hydrogen (secondary N) is 1. The zero-order chi connectivity index (χ0) is 14.9. The van der Waals surface area contributed by atoms with Crippen LogP contribution in [0.1, 0.15) is 36.3 Å². The highest BCUT2D eigenvalue weighted by atomic mass is 32.1. The molecule has 0 atom stereocenters. The lowest BCUT2D eigenvalue weighted by Gasteiger charge is -2.04. The molecular formula is C13H14N2O3S2. The monoisotopic (exact) mass is 310 g/mol. The normalized spacial score (nSPS) is 10.4. The summed E-state index contributed by atoms with van der Waals surface area (Å²) in [7, 11) is 1.32. The first-order chi connectivity index (χ1) is 9.43. The van der Waals surface area contributed by atoms with Gasteiger partial charge in [0.05, 0.1) is 17.7 Å². The number of aryl methyl sites for hydroxylation is 2. The van der Waals surface area contributed by atoms with Gasteiger partial charge in [-0.25, -0.2) is 9.78 Å². The molecule has 0 aliphatic carbocycles. The van der Waals surface area contributed by atoms with Crippen molar-refractivity contribution >= 4 is 39.6 Å². The van der Waals surface area contributed by atoms with Gasteiger partial charge >= 0.3 is 5.97 Å². The summed E-state index contributed by atoms with van der Waals surface area (Å²) in [6.45, 7) is 5.57. The number of anilines is 1. The molecule has 106 valence electrons. The molecular weight excluding hydrogens is 296 g/mol. The van der Waals surface area contributed by atoms with Crippen LogP contribution in [0.25, 0.3) is 0 Å². The molecule has 1 N–H and O–H groups in total. The molecule has 2 rings (SSSR count). The maximum atomic E-state index is 12.1. The van der Waals surface area contributed by atoms with E-state index in [1.54, 1.807) is 5.38 Å². The summed E-state index contributed by atoms with van der Waals surface area (Å²) in [4.78, 5) is 29.0. The first-order valence-corrected chi connectivity index (χ1v) is 7.55. The van der Waals surface area contributed by atoms with Gasteiger partial charge in [-0.05, 0) is 26.3 Å². The Labute approximate surface area is 124 Å². The van der Waals surface area contributed by atoms with Crippen molar-refractivity contribution in [2.45, 2.75) is 20.8 Å². The first kappa shape index (κ1) is 14.7. The maximum absolute atomic E-state index is 12.1. The van der Waals surface area contributed by atoms with Crippen LogP contribution in [0, 0.1) is 20.8 Å². The molecule has 0 aliphatic rings. The summed E-state index contributed by atoms with van der Waals surface area (Å²) in [5.41, 5.74) is 1.59. The fourth-order valence-electron chi connectivity index (χ4n) is 1.70. The Balaban J connectivity index is 2.32. The van der Waals surface area contributed by atoms with E-state index in [9.17, 15) is 9.59 Å². The van der Waals surface area contributed by atoms with Crippen molar-refractivity contribution in [2.75, 3.05) is 12.4 Å². The van der Waals surface area contributed by atoms with Crippen LogP contribution >= 0.6 is 22.7 Å². The Kier molecular flexibility index (Phi) is 4.20. The van der Waals surface area contributed by atoms with Gasteiger partial charge in [0.25, 0.3) is 5.91 Å². The van der Waals surface area contributed by atoms with Crippen molar-refractivity contribution in [1.29, 1.82) is 0 Å². The minimum atomic E-state index is -0.448. The van der Waals surface area contributed by atoms with E-state index in [0.717, 1.165) is 15.4 Å². The molecule has 5 nitrogen and oxygen atoms in total. The second-order valence-corrected chi connectivity index (χ2v) is 6.47. The van der Waals surface area contributed by atoms with E-state index in [2.05, 4.69) is 10.3 Å². The van der Waals surface area contributed by atoms with Gasteiger partial charge in [0.2, 0.25) is 0 Å². The first-order valence-electron chi connectivity index (χ1n) is 5.85. The van der Waals surface area contributed by atoms with E-state index in [1.165, 1.54) is 29.8 Å². The predicted molar refractivity (Wildman–Crippen MR) is 79.9 cm³/mol. The largest absolute Gasteiger partial charge is 0.465 e. The highest BCUT2D eigenvalue weighted by Crippen LogP contribution is 2.33. The third kappa shape index (κ3) is 2.73. The van der Waals surface area contributed by atoms with Crippen molar-refractivity contribution in [3.05, 3.63) is 32.1 Å². The minimum absolute atomic E-state index is 0.319. The van der Waals surface area contributed by atoms with Crippen LogP contribution in [0.2, 0.25) is 0 Å². The van der Waals surface area contributed by atoms with Crippen molar-refractivity contribution in [3.63, 3.8) is 0 Å². The molecule has 2 heterocycles. The Hall–Kier alpha value is -1.73. The lowest BCUT2D eigenvalue weighted by Crippen LogP contribution is -2.14. The van der Waals surface area contributed by atoms with Crippen LogP contribution in [0.5, 0.6) is 0 Å². The summed E-state index contributed by atoms with van der Waals surface area (Å²) in [5, 5.41) is 5.75. The molecule has 0 aliphatic heterocycles. The molecule has 0 bridgehead atoms. The van der Waals surface area contributed by atoms with Gasteiger partial charge in [-0.3, -0.25) is 4.79 Å². The van der Waals surface area contributed by atoms with Crippen molar-refractivity contribution in [3.8, 4) is 0 Å². The van der Waals surface area contributed by atoms with E-state index >= 15 is 0 Å². The number of thiazole rings is 1. The molecule has 0 radical (unpaired) electrons. The highest BCUT2D eigenvalue weighted by molar-refractivity contribution is 7.16. The van der Waals surface area contributed by atoms with Crippen LogP contribution in [-0.2, 0) is 4.74 Å². The summed E-state index contributed by atoms with van der Waals surface area (Å²) in [6.07, 6.45) is 0. The highest BCUT2D eigenvalue weighted by Gasteiger charge is 2.22. The van der Waals surface area contributed by atoms with Gasteiger partial charge in [-0.1, -0.05) is 0 Å². The van der Waals surface area contributed by atoms with Crippen LogP contribution in [-0.4, -0.2) is 24.0 Å². The second kappa shape index (κ2) is 5.72. The second-order valence-electron chi connectivity index (χ2n) is 4.18. The Morgan fingerprint density at radius 2 is 2.00 bits per heavy atom. The number of thiophene rings is 1. The molecule has 0 unspecified atom stereocenters. The number of carbonyl (C=O) groups excluding carboxylic acids is 2. The lowest BCUT2D eigenvalue weighted by atomic mass is 10.1. The molecule has 20 heavy (non-hydrogen) atoms. The number of ether oxygens (including phenoxy) is 1. The number of aromatic nitrogens is 1. The molecule has 0 spiro atoms. The zero-order valence-electron chi connectivity index (χ0n) is 11.6. The van der Waals surface area contributed by atoms with E-state index in [0.29, 0.717) is 16.3 Å². The van der Waals surface area contributed by atoms with Crippen LogP contribution in [0.3, 0.4) is 0 Å². The number of hydrogen-bond donors (Lipinski definition) is 1. The third-order valence-corrected chi connectivity index (χ3v) is 4.75. The summed E-state index contributed by atoms with van der Waals surface area (Å²) in [5.74, 6) is -0.766.